The fourth-order valence-electron chi connectivity index (χ4n) is 3.11. The van der Waals surface area contributed by atoms with Crippen molar-refractivity contribution in [1.82, 2.24) is 10.1 Å². The summed E-state index contributed by atoms with van der Waals surface area (Å²) < 4.78 is 16.5. The summed E-state index contributed by atoms with van der Waals surface area (Å²) in [4.78, 5) is 14.6. The van der Waals surface area contributed by atoms with Crippen LogP contribution in [0.4, 0.5) is 0 Å². The van der Waals surface area contributed by atoms with Crippen LogP contribution < -0.4 is 9.47 Å². The first-order valence-electron chi connectivity index (χ1n) is 9.43. The second kappa shape index (κ2) is 8.82. The van der Waals surface area contributed by atoms with Crippen molar-refractivity contribution in [3.63, 3.8) is 0 Å². The number of methoxy groups -OCH3 is 1. The molecule has 2 aromatic carbocycles. The fraction of sp³-hybridized carbons (Fsp3) is 0.304. The van der Waals surface area contributed by atoms with E-state index in [4.69, 9.17) is 14.0 Å². The molecule has 6 heteroatoms. The molecular weight excluding hydrogens is 368 g/mol. The highest BCUT2D eigenvalue weighted by atomic mass is 16.5. The van der Waals surface area contributed by atoms with Gasteiger partial charge < -0.3 is 18.9 Å². The van der Waals surface area contributed by atoms with Gasteiger partial charge in [0, 0.05) is 19.2 Å². The van der Waals surface area contributed by atoms with Crippen molar-refractivity contribution < 1.29 is 18.8 Å². The molecule has 0 spiro atoms. The van der Waals surface area contributed by atoms with Gasteiger partial charge in [-0.15, -0.1) is 0 Å². The second-order valence-corrected chi connectivity index (χ2v) is 7.04. The third kappa shape index (κ3) is 4.59. The molecule has 1 heterocycles. The Hall–Kier alpha value is -3.28. The van der Waals surface area contributed by atoms with Crippen LogP contribution in [0.2, 0.25) is 0 Å². The van der Waals surface area contributed by atoms with E-state index in [2.05, 4.69) is 5.16 Å². The van der Waals surface area contributed by atoms with Gasteiger partial charge in [0.1, 0.15) is 12.4 Å². The lowest BCUT2D eigenvalue weighted by molar-refractivity contribution is 0.0784. The Kier molecular flexibility index (Phi) is 6.22. The van der Waals surface area contributed by atoms with Crippen LogP contribution in [-0.4, -0.2) is 30.1 Å². The van der Waals surface area contributed by atoms with Gasteiger partial charge in [-0.3, -0.25) is 4.79 Å². The SMILES string of the molecule is COc1cc(C(=O)N(C)Cc2ccccc2C)ccc1OCc1c(C)noc1C. The van der Waals surface area contributed by atoms with Crippen molar-refractivity contribution in [3.8, 4) is 11.5 Å². The molecule has 0 aliphatic heterocycles. The summed E-state index contributed by atoms with van der Waals surface area (Å²) in [5.41, 5.74) is 4.53. The Balaban J connectivity index is 1.73. The molecule has 0 radical (unpaired) electrons. The van der Waals surface area contributed by atoms with E-state index >= 15 is 0 Å². The van der Waals surface area contributed by atoms with Crippen LogP contribution >= 0.6 is 0 Å². The van der Waals surface area contributed by atoms with Crippen LogP contribution in [0.3, 0.4) is 0 Å². The van der Waals surface area contributed by atoms with E-state index in [1.807, 2.05) is 45.0 Å². The lowest BCUT2D eigenvalue weighted by Crippen LogP contribution is -2.26. The average Bonchev–Trinajstić information content (AvgIpc) is 3.04. The van der Waals surface area contributed by atoms with Gasteiger partial charge in [-0.2, -0.15) is 0 Å². The van der Waals surface area contributed by atoms with Crippen LogP contribution in [0.5, 0.6) is 11.5 Å². The zero-order valence-corrected chi connectivity index (χ0v) is 17.5. The number of rotatable bonds is 7. The van der Waals surface area contributed by atoms with Crippen molar-refractivity contribution in [2.45, 2.75) is 33.9 Å². The number of carbonyl (C=O) groups is 1. The van der Waals surface area contributed by atoms with Crippen molar-refractivity contribution in [3.05, 3.63) is 76.2 Å². The lowest BCUT2D eigenvalue weighted by Gasteiger charge is -2.19. The van der Waals surface area contributed by atoms with E-state index in [-0.39, 0.29) is 5.91 Å². The van der Waals surface area contributed by atoms with Gasteiger partial charge in [0.05, 0.1) is 18.4 Å². The summed E-state index contributed by atoms with van der Waals surface area (Å²) in [6.45, 7) is 6.62. The molecule has 152 valence electrons. The number of nitrogens with zero attached hydrogens (tertiary/aromatic N) is 2. The van der Waals surface area contributed by atoms with E-state index in [0.717, 1.165) is 28.1 Å². The van der Waals surface area contributed by atoms with E-state index in [0.29, 0.717) is 30.2 Å². The molecule has 0 fully saturated rings. The molecule has 0 aliphatic carbocycles. The van der Waals surface area contributed by atoms with Crippen LogP contribution in [0, 0.1) is 20.8 Å². The van der Waals surface area contributed by atoms with Crippen molar-refractivity contribution in [2.75, 3.05) is 14.2 Å². The number of carbonyl (C=O) groups excluding carboxylic acids is 1. The summed E-state index contributed by atoms with van der Waals surface area (Å²) in [5, 5.41) is 3.93. The van der Waals surface area contributed by atoms with Crippen LogP contribution in [-0.2, 0) is 13.2 Å². The molecule has 0 saturated carbocycles. The molecule has 29 heavy (non-hydrogen) atoms. The maximum Gasteiger partial charge on any atom is 0.254 e. The monoisotopic (exact) mass is 394 g/mol. The molecule has 0 unspecified atom stereocenters. The Labute approximate surface area is 171 Å². The van der Waals surface area contributed by atoms with E-state index in [1.54, 1.807) is 37.3 Å². The third-order valence-corrected chi connectivity index (χ3v) is 4.98. The molecule has 0 saturated heterocycles. The van der Waals surface area contributed by atoms with Gasteiger partial charge in [-0.1, -0.05) is 29.4 Å². The van der Waals surface area contributed by atoms with Gasteiger partial charge in [0.15, 0.2) is 11.5 Å². The summed E-state index contributed by atoms with van der Waals surface area (Å²) >= 11 is 0. The molecule has 3 rings (SSSR count). The molecule has 0 aliphatic rings. The summed E-state index contributed by atoms with van der Waals surface area (Å²) in [5.74, 6) is 1.72. The van der Waals surface area contributed by atoms with E-state index in [9.17, 15) is 4.79 Å². The zero-order chi connectivity index (χ0) is 21.0. The Morgan fingerprint density at radius 3 is 2.52 bits per heavy atom. The fourth-order valence-corrected chi connectivity index (χ4v) is 3.11. The van der Waals surface area contributed by atoms with Gasteiger partial charge in [0.25, 0.3) is 5.91 Å². The lowest BCUT2D eigenvalue weighted by atomic mass is 10.1. The highest BCUT2D eigenvalue weighted by Crippen LogP contribution is 2.30. The Bertz CT molecular complexity index is 990. The highest BCUT2D eigenvalue weighted by molar-refractivity contribution is 5.94. The number of ether oxygens (including phenoxy) is 2. The van der Waals surface area contributed by atoms with Crippen LogP contribution in [0.25, 0.3) is 0 Å². The van der Waals surface area contributed by atoms with E-state index < -0.39 is 0 Å². The maximum atomic E-state index is 12.9. The predicted molar refractivity (Wildman–Crippen MR) is 110 cm³/mol. The highest BCUT2D eigenvalue weighted by Gasteiger charge is 2.17. The van der Waals surface area contributed by atoms with Crippen molar-refractivity contribution >= 4 is 5.91 Å². The topological polar surface area (TPSA) is 64.8 Å². The minimum Gasteiger partial charge on any atom is -0.493 e. The zero-order valence-electron chi connectivity index (χ0n) is 17.5. The van der Waals surface area contributed by atoms with Crippen molar-refractivity contribution in [1.29, 1.82) is 0 Å². The minimum atomic E-state index is -0.0798. The van der Waals surface area contributed by atoms with E-state index in [1.165, 1.54) is 0 Å². The number of aromatic nitrogens is 1. The number of hydrogen-bond donors (Lipinski definition) is 0. The number of amides is 1. The molecular formula is C23H26N2O4. The third-order valence-electron chi connectivity index (χ3n) is 4.98. The van der Waals surface area contributed by atoms with Crippen molar-refractivity contribution in [2.24, 2.45) is 0 Å². The van der Waals surface area contributed by atoms with Crippen LogP contribution in [0.15, 0.2) is 47.0 Å². The van der Waals surface area contributed by atoms with Gasteiger partial charge >= 0.3 is 0 Å². The molecule has 0 N–H and O–H groups in total. The number of aryl methyl sites for hydroxylation is 3. The van der Waals surface area contributed by atoms with Gasteiger partial charge in [-0.25, -0.2) is 0 Å². The Morgan fingerprint density at radius 1 is 1.10 bits per heavy atom. The summed E-state index contributed by atoms with van der Waals surface area (Å²) in [6, 6.07) is 13.3. The number of hydrogen-bond acceptors (Lipinski definition) is 5. The second-order valence-electron chi connectivity index (χ2n) is 7.04. The quantitative estimate of drug-likeness (QED) is 0.592. The average molecular weight is 394 g/mol. The summed E-state index contributed by atoms with van der Waals surface area (Å²) in [6.07, 6.45) is 0. The smallest absolute Gasteiger partial charge is 0.254 e. The first-order valence-corrected chi connectivity index (χ1v) is 9.43. The van der Waals surface area contributed by atoms with Gasteiger partial charge in [-0.05, 0) is 50.1 Å². The molecule has 0 bridgehead atoms. The van der Waals surface area contributed by atoms with Crippen LogP contribution in [0.1, 0.15) is 38.5 Å². The van der Waals surface area contributed by atoms with Gasteiger partial charge in [0.2, 0.25) is 0 Å². The Morgan fingerprint density at radius 2 is 1.86 bits per heavy atom. The first-order chi connectivity index (χ1) is 13.9. The first kappa shape index (κ1) is 20.5. The standard InChI is InChI=1S/C23H26N2O4/c1-15-8-6-7-9-19(15)13-25(4)23(26)18-10-11-21(22(12-18)27-5)28-14-20-16(2)24-29-17(20)3/h6-12H,13-14H2,1-5H3. The number of benzene rings is 2. The minimum absolute atomic E-state index is 0.0798. The largest absolute Gasteiger partial charge is 0.493 e. The molecule has 1 aromatic heterocycles. The maximum absolute atomic E-state index is 12.9. The normalized spacial score (nSPS) is 10.7. The molecule has 1 amide bonds. The molecule has 6 nitrogen and oxygen atoms in total. The summed E-state index contributed by atoms with van der Waals surface area (Å²) in [7, 11) is 3.35. The predicted octanol–water partition coefficient (Wildman–Crippen LogP) is 4.46. The molecule has 0 atom stereocenters. The molecule has 3 aromatic rings.